The molecule has 0 atom stereocenters. The third-order valence-corrected chi connectivity index (χ3v) is 7.22. The van der Waals surface area contributed by atoms with Crippen LogP contribution in [-0.4, -0.2) is 26.5 Å². The molecule has 170 valence electrons. The third kappa shape index (κ3) is 5.07. The Morgan fingerprint density at radius 1 is 1.00 bits per heavy atom. The smallest absolute Gasteiger partial charge is 0.323 e. The van der Waals surface area contributed by atoms with Crippen LogP contribution < -0.4 is 20.1 Å². The van der Waals surface area contributed by atoms with Gasteiger partial charge in [0.05, 0.1) is 27.9 Å². The molecular formula is C23H22N4O4S2. The topological polar surface area (TPSA) is 109 Å². The van der Waals surface area contributed by atoms with Gasteiger partial charge >= 0.3 is 6.03 Å². The molecule has 3 N–H and O–H groups in total. The van der Waals surface area contributed by atoms with Crippen molar-refractivity contribution in [3.05, 3.63) is 71.8 Å². The number of methoxy groups -OCH3 is 1. The van der Waals surface area contributed by atoms with Crippen LogP contribution in [0.2, 0.25) is 0 Å². The van der Waals surface area contributed by atoms with E-state index >= 15 is 0 Å². The van der Waals surface area contributed by atoms with Gasteiger partial charge in [0.1, 0.15) is 5.75 Å². The van der Waals surface area contributed by atoms with Crippen LogP contribution in [-0.2, 0) is 10.0 Å². The first-order chi connectivity index (χ1) is 15.7. The predicted octanol–water partition coefficient (Wildman–Crippen LogP) is 5.37. The summed E-state index contributed by atoms with van der Waals surface area (Å²) in [4.78, 5) is 17.2. The van der Waals surface area contributed by atoms with Crippen molar-refractivity contribution >= 4 is 54.1 Å². The Balaban J connectivity index is 1.55. The van der Waals surface area contributed by atoms with E-state index in [1.54, 1.807) is 43.5 Å². The summed E-state index contributed by atoms with van der Waals surface area (Å²) >= 11 is 1.19. The van der Waals surface area contributed by atoms with Crippen molar-refractivity contribution in [2.45, 2.75) is 18.7 Å². The van der Waals surface area contributed by atoms with Crippen molar-refractivity contribution in [3.63, 3.8) is 0 Å². The summed E-state index contributed by atoms with van der Waals surface area (Å²) in [7, 11) is -2.20. The minimum atomic E-state index is -3.74. The minimum absolute atomic E-state index is 0.159. The zero-order chi connectivity index (χ0) is 23.6. The van der Waals surface area contributed by atoms with E-state index in [2.05, 4.69) is 20.3 Å². The zero-order valence-electron chi connectivity index (χ0n) is 18.2. The lowest BCUT2D eigenvalue weighted by molar-refractivity contribution is 0.262. The monoisotopic (exact) mass is 482 g/mol. The van der Waals surface area contributed by atoms with Crippen molar-refractivity contribution in [1.29, 1.82) is 0 Å². The van der Waals surface area contributed by atoms with Crippen LogP contribution >= 0.6 is 11.3 Å². The van der Waals surface area contributed by atoms with E-state index in [4.69, 9.17) is 4.74 Å². The standard InChI is InChI=1S/C23H22N4O4S2/c1-14-9-10-19(31-3)18(11-14)25-22(28)24-16-12-15(2)21-20(13-16)32-23(26-21)27-33(29,30)17-7-5-4-6-8-17/h4-13H,1-3H3,(H,26,27)(H2,24,25,28). The maximum absolute atomic E-state index is 12.6. The van der Waals surface area contributed by atoms with E-state index in [0.717, 1.165) is 15.8 Å². The number of hydrogen-bond donors (Lipinski definition) is 3. The molecule has 1 aromatic heterocycles. The molecule has 0 radical (unpaired) electrons. The van der Waals surface area contributed by atoms with Crippen molar-refractivity contribution < 1.29 is 17.9 Å². The van der Waals surface area contributed by atoms with E-state index in [9.17, 15) is 13.2 Å². The molecule has 1 heterocycles. The molecule has 0 unspecified atom stereocenters. The number of aromatic nitrogens is 1. The number of hydrogen-bond acceptors (Lipinski definition) is 6. The van der Waals surface area contributed by atoms with Crippen molar-refractivity contribution in [2.24, 2.45) is 0 Å². The zero-order valence-corrected chi connectivity index (χ0v) is 19.8. The van der Waals surface area contributed by atoms with E-state index < -0.39 is 16.1 Å². The van der Waals surface area contributed by atoms with Crippen LogP contribution in [0.3, 0.4) is 0 Å². The molecule has 0 saturated heterocycles. The van der Waals surface area contributed by atoms with Gasteiger partial charge in [0.15, 0.2) is 5.13 Å². The summed E-state index contributed by atoms with van der Waals surface area (Å²) in [6.45, 7) is 3.78. The Kier molecular flexibility index (Phi) is 6.21. The number of sulfonamides is 1. The highest BCUT2D eigenvalue weighted by Gasteiger charge is 2.17. The van der Waals surface area contributed by atoms with Crippen LogP contribution in [0.25, 0.3) is 10.2 Å². The molecule has 10 heteroatoms. The van der Waals surface area contributed by atoms with Gasteiger partial charge in [-0.2, -0.15) is 0 Å². The highest BCUT2D eigenvalue weighted by atomic mass is 32.2. The number of carbonyl (C=O) groups excluding carboxylic acids is 1. The van der Waals surface area contributed by atoms with Crippen molar-refractivity contribution in [1.82, 2.24) is 4.98 Å². The molecule has 4 rings (SSSR count). The largest absolute Gasteiger partial charge is 0.495 e. The van der Waals surface area contributed by atoms with Crippen LogP contribution in [0.15, 0.2) is 65.6 Å². The Hall–Kier alpha value is -3.63. The summed E-state index contributed by atoms with van der Waals surface area (Å²) in [5.74, 6) is 0.556. The van der Waals surface area contributed by atoms with Gasteiger partial charge in [-0.15, -0.1) is 0 Å². The molecule has 2 amide bonds. The van der Waals surface area contributed by atoms with E-state index in [1.165, 1.54) is 23.5 Å². The molecule has 3 aromatic carbocycles. The van der Waals surface area contributed by atoms with Crippen LogP contribution in [0.5, 0.6) is 5.75 Å². The molecule has 8 nitrogen and oxygen atoms in total. The molecule has 0 spiro atoms. The van der Waals surface area contributed by atoms with Crippen LogP contribution in [0.1, 0.15) is 11.1 Å². The van der Waals surface area contributed by atoms with Gasteiger partial charge in [0.2, 0.25) is 0 Å². The molecule has 0 aliphatic heterocycles. The maximum Gasteiger partial charge on any atom is 0.323 e. The second kappa shape index (κ2) is 9.08. The average Bonchev–Trinajstić information content (AvgIpc) is 3.16. The summed E-state index contributed by atoms with van der Waals surface area (Å²) in [6, 6.07) is 16.7. The fourth-order valence-corrected chi connectivity index (χ4v) is 5.53. The highest BCUT2D eigenvalue weighted by Crippen LogP contribution is 2.32. The fourth-order valence-electron chi connectivity index (χ4n) is 3.29. The van der Waals surface area contributed by atoms with E-state index in [-0.39, 0.29) is 10.0 Å². The van der Waals surface area contributed by atoms with E-state index in [0.29, 0.717) is 22.6 Å². The number of urea groups is 1. The summed E-state index contributed by atoms with van der Waals surface area (Å²) in [5.41, 5.74) is 3.57. The number of anilines is 3. The molecule has 0 aliphatic rings. The molecule has 0 saturated carbocycles. The predicted molar refractivity (Wildman–Crippen MR) is 132 cm³/mol. The number of amides is 2. The van der Waals surface area contributed by atoms with Crippen LogP contribution in [0, 0.1) is 13.8 Å². The number of nitrogens with one attached hydrogen (secondary N) is 3. The first-order valence-corrected chi connectivity index (χ1v) is 12.3. The molecule has 0 aliphatic carbocycles. The number of aryl methyl sites for hydroxylation is 2. The van der Waals surface area contributed by atoms with Gasteiger partial charge in [-0.1, -0.05) is 35.6 Å². The van der Waals surface area contributed by atoms with Gasteiger partial charge in [0, 0.05) is 5.69 Å². The number of thiazole rings is 1. The number of nitrogens with zero attached hydrogens (tertiary/aromatic N) is 1. The quantitative estimate of drug-likeness (QED) is 0.342. The lowest BCUT2D eigenvalue weighted by atomic mass is 10.2. The van der Waals surface area contributed by atoms with Gasteiger partial charge < -0.3 is 15.4 Å². The number of carbonyl (C=O) groups is 1. The Morgan fingerprint density at radius 2 is 1.76 bits per heavy atom. The molecule has 0 bridgehead atoms. The second-order valence-electron chi connectivity index (χ2n) is 7.36. The van der Waals surface area contributed by atoms with Crippen molar-refractivity contribution in [2.75, 3.05) is 22.5 Å². The molecule has 0 fully saturated rings. The van der Waals surface area contributed by atoms with Gasteiger partial charge in [-0.3, -0.25) is 4.72 Å². The summed E-state index contributed by atoms with van der Waals surface area (Å²) in [5, 5.41) is 5.86. The SMILES string of the molecule is COc1ccc(C)cc1NC(=O)Nc1cc(C)c2nc(NS(=O)(=O)c3ccccc3)sc2c1. The normalized spacial score (nSPS) is 11.2. The number of ether oxygens (including phenoxy) is 1. The fraction of sp³-hybridized carbons (Fsp3) is 0.130. The Labute approximate surface area is 195 Å². The Morgan fingerprint density at radius 3 is 2.48 bits per heavy atom. The van der Waals surface area contributed by atoms with E-state index in [1.807, 2.05) is 26.0 Å². The molecular weight excluding hydrogens is 460 g/mol. The second-order valence-corrected chi connectivity index (χ2v) is 10.1. The molecule has 33 heavy (non-hydrogen) atoms. The maximum atomic E-state index is 12.6. The lowest BCUT2D eigenvalue weighted by Gasteiger charge is -2.12. The van der Waals surface area contributed by atoms with Gasteiger partial charge in [-0.25, -0.2) is 18.2 Å². The third-order valence-electron chi connectivity index (χ3n) is 4.82. The minimum Gasteiger partial charge on any atom is -0.495 e. The first kappa shape index (κ1) is 22.6. The number of rotatable bonds is 6. The summed E-state index contributed by atoms with van der Waals surface area (Å²) < 4.78 is 33.8. The average molecular weight is 483 g/mol. The number of fused-ring (bicyclic) bond motifs is 1. The van der Waals surface area contributed by atoms with Gasteiger partial charge in [-0.05, 0) is 61.4 Å². The highest BCUT2D eigenvalue weighted by molar-refractivity contribution is 7.93. The lowest BCUT2D eigenvalue weighted by Crippen LogP contribution is -2.20. The first-order valence-electron chi connectivity index (χ1n) is 9.97. The summed E-state index contributed by atoms with van der Waals surface area (Å²) in [6.07, 6.45) is 0. The molecule has 4 aromatic rings. The van der Waals surface area contributed by atoms with Crippen LogP contribution in [0.4, 0.5) is 21.3 Å². The van der Waals surface area contributed by atoms with Gasteiger partial charge in [0.25, 0.3) is 10.0 Å². The van der Waals surface area contributed by atoms with Crippen molar-refractivity contribution in [3.8, 4) is 5.75 Å². The Bertz CT molecular complexity index is 1430. The number of benzene rings is 3.